The van der Waals surface area contributed by atoms with E-state index in [0.29, 0.717) is 22.0 Å². The van der Waals surface area contributed by atoms with Crippen LogP contribution in [0.25, 0.3) is 33.2 Å². The molecule has 2 aromatic carbocycles. The highest BCUT2D eigenvalue weighted by atomic mass is 32.2. The molecule has 0 saturated carbocycles. The van der Waals surface area contributed by atoms with Crippen LogP contribution in [0.4, 0.5) is 0 Å². The molecule has 4 rings (SSSR count). The number of thioether (sulfide) groups is 1. The van der Waals surface area contributed by atoms with E-state index < -0.39 is 0 Å². The lowest BCUT2D eigenvalue weighted by molar-refractivity contribution is -0.114. The highest BCUT2D eigenvalue weighted by molar-refractivity contribution is 8.00. The molecule has 0 amide bonds. The Morgan fingerprint density at radius 1 is 1.15 bits per heavy atom. The van der Waals surface area contributed by atoms with Crippen LogP contribution >= 0.6 is 11.8 Å². The third kappa shape index (κ3) is 2.96. The van der Waals surface area contributed by atoms with Crippen molar-refractivity contribution in [3.05, 3.63) is 60.2 Å². The van der Waals surface area contributed by atoms with Crippen molar-refractivity contribution in [1.82, 2.24) is 4.98 Å². The number of rotatable bonds is 4. The van der Waals surface area contributed by atoms with Crippen LogP contribution < -0.4 is 0 Å². The van der Waals surface area contributed by atoms with Crippen molar-refractivity contribution in [2.75, 3.05) is 5.75 Å². The zero-order valence-corrected chi connectivity index (χ0v) is 14.8. The molecule has 2 aromatic heterocycles. The number of carbonyl (C=O) groups is 1. The van der Waals surface area contributed by atoms with Gasteiger partial charge in [-0.1, -0.05) is 42.1 Å². The molecule has 26 heavy (non-hydrogen) atoms. The SMILES string of the molecule is CC(=O)CSc1nc(-c2cc3c(ccc4ccccc43)o2)ccc1C#N. The first-order valence-electron chi connectivity index (χ1n) is 8.11. The second kappa shape index (κ2) is 6.66. The summed E-state index contributed by atoms with van der Waals surface area (Å²) in [6.07, 6.45) is 0. The minimum absolute atomic E-state index is 0.0429. The average Bonchev–Trinajstić information content (AvgIpc) is 3.11. The molecule has 0 bridgehead atoms. The van der Waals surface area contributed by atoms with Gasteiger partial charge in [-0.15, -0.1) is 0 Å². The van der Waals surface area contributed by atoms with Crippen LogP contribution in [0, 0.1) is 11.3 Å². The van der Waals surface area contributed by atoms with Crippen LogP contribution in [-0.4, -0.2) is 16.5 Å². The molecule has 4 aromatic rings. The number of pyridine rings is 1. The molecule has 0 radical (unpaired) electrons. The van der Waals surface area contributed by atoms with Gasteiger partial charge in [0.25, 0.3) is 0 Å². The molecule has 0 spiro atoms. The smallest absolute Gasteiger partial charge is 0.153 e. The lowest BCUT2D eigenvalue weighted by Crippen LogP contribution is -1.96. The van der Waals surface area contributed by atoms with Gasteiger partial charge in [0.15, 0.2) is 5.76 Å². The summed E-state index contributed by atoms with van der Waals surface area (Å²) >= 11 is 1.27. The Morgan fingerprint density at radius 3 is 2.81 bits per heavy atom. The van der Waals surface area contributed by atoms with Crippen LogP contribution in [0.5, 0.6) is 0 Å². The van der Waals surface area contributed by atoms with Crippen molar-refractivity contribution in [2.24, 2.45) is 0 Å². The van der Waals surface area contributed by atoms with Gasteiger partial charge in [0.05, 0.1) is 11.3 Å². The summed E-state index contributed by atoms with van der Waals surface area (Å²) in [5.74, 6) is 0.974. The molecule has 5 heteroatoms. The van der Waals surface area contributed by atoms with Gasteiger partial charge in [-0.2, -0.15) is 5.26 Å². The molecule has 0 aliphatic heterocycles. The molecule has 2 heterocycles. The summed E-state index contributed by atoms with van der Waals surface area (Å²) in [6, 6.07) is 19.7. The van der Waals surface area contributed by atoms with E-state index in [1.807, 2.05) is 30.3 Å². The van der Waals surface area contributed by atoms with E-state index >= 15 is 0 Å². The van der Waals surface area contributed by atoms with Crippen molar-refractivity contribution in [1.29, 1.82) is 5.26 Å². The maximum Gasteiger partial charge on any atom is 0.153 e. The first kappa shape index (κ1) is 16.4. The van der Waals surface area contributed by atoms with Crippen molar-refractivity contribution in [2.45, 2.75) is 11.9 Å². The summed E-state index contributed by atoms with van der Waals surface area (Å²) in [6.45, 7) is 1.52. The number of furan rings is 1. The van der Waals surface area contributed by atoms with Gasteiger partial charge in [0, 0.05) is 5.39 Å². The Balaban J connectivity index is 1.82. The Labute approximate surface area is 154 Å². The Kier molecular flexibility index (Phi) is 4.19. The lowest BCUT2D eigenvalue weighted by atomic mass is 10.1. The summed E-state index contributed by atoms with van der Waals surface area (Å²) in [5, 5.41) is 13.1. The Hall–Kier alpha value is -3.10. The molecule has 0 atom stereocenters. The van der Waals surface area contributed by atoms with E-state index in [0.717, 1.165) is 21.7 Å². The van der Waals surface area contributed by atoms with E-state index in [1.165, 1.54) is 18.7 Å². The van der Waals surface area contributed by atoms with E-state index in [2.05, 4.69) is 23.2 Å². The minimum Gasteiger partial charge on any atom is -0.454 e. The number of aromatic nitrogens is 1. The molecule has 0 fully saturated rings. The first-order chi connectivity index (χ1) is 12.7. The number of hydrogen-bond donors (Lipinski definition) is 0. The average molecular weight is 358 g/mol. The number of nitriles is 1. The van der Waals surface area contributed by atoms with Crippen molar-refractivity contribution in [3.63, 3.8) is 0 Å². The number of nitrogens with zero attached hydrogens (tertiary/aromatic N) is 2. The van der Waals surface area contributed by atoms with Crippen molar-refractivity contribution >= 4 is 39.3 Å². The van der Waals surface area contributed by atoms with Crippen molar-refractivity contribution < 1.29 is 9.21 Å². The summed E-state index contributed by atoms with van der Waals surface area (Å²) in [4.78, 5) is 15.8. The number of benzene rings is 2. The zero-order chi connectivity index (χ0) is 18.1. The lowest BCUT2D eigenvalue weighted by Gasteiger charge is -2.03. The third-order valence-electron chi connectivity index (χ3n) is 4.07. The predicted octanol–water partition coefficient (Wildman–Crippen LogP) is 5.20. The highest BCUT2D eigenvalue weighted by Gasteiger charge is 2.13. The number of Topliss-reactive ketones (excluding diaryl/α,β-unsaturated/α-hetero) is 1. The highest BCUT2D eigenvalue weighted by Crippen LogP contribution is 2.33. The van der Waals surface area contributed by atoms with Gasteiger partial charge >= 0.3 is 0 Å². The van der Waals surface area contributed by atoms with E-state index in [-0.39, 0.29) is 11.5 Å². The van der Waals surface area contributed by atoms with Crippen molar-refractivity contribution in [3.8, 4) is 17.5 Å². The number of hydrogen-bond acceptors (Lipinski definition) is 5. The molecule has 126 valence electrons. The second-order valence-electron chi connectivity index (χ2n) is 5.96. The summed E-state index contributed by atoms with van der Waals surface area (Å²) < 4.78 is 5.99. The van der Waals surface area contributed by atoms with E-state index in [4.69, 9.17) is 4.42 Å². The van der Waals surface area contributed by atoms with Gasteiger partial charge in [-0.3, -0.25) is 4.79 Å². The quantitative estimate of drug-likeness (QED) is 0.469. The predicted molar refractivity (Wildman–Crippen MR) is 103 cm³/mol. The maximum absolute atomic E-state index is 11.3. The zero-order valence-electron chi connectivity index (χ0n) is 14.0. The van der Waals surface area contributed by atoms with Crippen LogP contribution in [0.2, 0.25) is 0 Å². The molecular formula is C21H14N2O2S. The number of ketones is 1. The molecule has 4 nitrogen and oxygen atoms in total. The first-order valence-corrected chi connectivity index (χ1v) is 9.09. The molecular weight excluding hydrogens is 344 g/mol. The monoisotopic (exact) mass is 358 g/mol. The van der Waals surface area contributed by atoms with E-state index in [9.17, 15) is 10.1 Å². The molecule has 0 N–H and O–H groups in total. The van der Waals surface area contributed by atoms with Gasteiger partial charge in [0.2, 0.25) is 0 Å². The number of fused-ring (bicyclic) bond motifs is 3. The fourth-order valence-corrected chi connectivity index (χ4v) is 3.63. The Bertz CT molecular complexity index is 1190. The van der Waals surface area contributed by atoms with Crippen LogP contribution in [0.1, 0.15) is 12.5 Å². The Morgan fingerprint density at radius 2 is 2.00 bits per heavy atom. The van der Waals surface area contributed by atoms with Gasteiger partial charge in [0.1, 0.15) is 28.2 Å². The fourth-order valence-electron chi connectivity index (χ4n) is 2.86. The topological polar surface area (TPSA) is 66.9 Å². The molecule has 0 unspecified atom stereocenters. The van der Waals surface area contributed by atoms with Gasteiger partial charge < -0.3 is 4.42 Å². The summed E-state index contributed by atoms with van der Waals surface area (Å²) in [7, 11) is 0. The van der Waals surface area contributed by atoms with Crippen LogP contribution in [0.15, 0.2) is 64.0 Å². The fraction of sp³-hybridized carbons (Fsp3) is 0.0952. The van der Waals surface area contributed by atoms with E-state index in [1.54, 1.807) is 12.1 Å². The largest absolute Gasteiger partial charge is 0.454 e. The van der Waals surface area contributed by atoms with Gasteiger partial charge in [-0.25, -0.2) is 4.98 Å². The van der Waals surface area contributed by atoms with Gasteiger partial charge in [-0.05, 0) is 42.0 Å². The number of carbonyl (C=O) groups excluding carboxylic acids is 1. The van der Waals surface area contributed by atoms with Crippen LogP contribution in [-0.2, 0) is 4.79 Å². The summed E-state index contributed by atoms with van der Waals surface area (Å²) in [5.41, 5.74) is 1.90. The minimum atomic E-state index is 0.0429. The normalized spacial score (nSPS) is 10.9. The van der Waals surface area contributed by atoms with Crippen LogP contribution in [0.3, 0.4) is 0 Å². The molecule has 0 aliphatic rings. The standard InChI is InChI=1S/C21H14N2O2S/c1-13(24)12-26-21-15(11-22)6-8-18(23-21)20-10-17-16-5-3-2-4-14(16)7-9-19(17)25-20/h2-10H,12H2,1H3. The second-order valence-corrected chi connectivity index (χ2v) is 6.92. The molecule has 0 saturated heterocycles. The maximum atomic E-state index is 11.3. The molecule has 0 aliphatic carbocycles. The third-order valence-corrected chi connectivity index (χ3v) is 5.21.